The van der Waals surface area contributed by atoms with Crippen molar-refractivity contribution >= 4 is 5.78 Å². The van der Waals surface area contributed by atoms with Crippen molar-refractivity contribution in [1.82, 2.24) is 0 Å². The molecule has 0 spiro atoms. The standard InChI is InChI=1S/C27H36O2/c1-21(11-7-8-14-24(4)26(29)18-20-28)12-9-13-22(2)16-17-25-23(3)15-10-19-27(25,5)6/h7-9,11-14,16-18,20,28H,10,15,19H2,1-6H3/b8-7+,12-9+,17-16+,20-18-,21-11+,22-13+,24-14+. The van der Waals surface area contributed by atoms with E-state index in [1.807, 2.05) is 25.2 Å². The molecular formula is C27H36O2. The zero-order chi connectivity index (χ0) is 21.9. The van der Waals surface area contributed by atoms with Crippen molar-refractivity contribution in [1.29, 1.82) is 0 Å². The van der Waals surface area contributed by atoms with Gasteiger partial charge in [0.05, 0.1) is 6.26 Å². The first-order valence-electron chi connectivity index (χ1n) is 10.3. The maximum absolute atomic E-state index is 11.5. The third kappa shape index (κ3) is 8.95. The SMILES string of the molecule is CC1=C(/C=C/C(C)=C/C=C/C(C)=C/C=C/C=C(\C)C(=O)/C=C\O)C(C)(C)CCC1. The van der Waals surface area contributed by atoms with Crippen molar-refractivity contribution < 1.29 is 9.90 Å². The summed E-state index contributed by atoms with van der Waals surface area (Å²) in [5.74, 6) is -0.200. The van der Waals surface area contributed by atoms with Crippen LogP contribution in [0, 0.1) is 5.41 Å². The van der Waals surface area contributed by atoms with Crippen molar-refractivity contribution in [3.63, 3.8) is 0 Å². The number of aliphatic hydroxyl groups excluding tert-OH is 1. The molecular weight excluding hydrogens is 356 g/mol. The Balaban J connectivity index is 2.69. The van der Waals surface area contributed by atoms with E-state index in [0.717, 1.165) is 17.9 Å². The summed E-state index contributed by atoms with van der Waals surface area (Å²) < 4.78 is 0. The van der Waals surface area contributed by atoms with Gasteiger partial charge in [0.25, 0.3) is 0 Å². The Labute approximate surface area is 177 Å². The van der Waals surface area contributed by atoms with Gasteiger partial charge in [-0.2, -0.15) is 0 Å². The third-order valence-corrected chi connectivity index (χ3v) is 5.20. The van der Waals surface area contributed by atoms with Crippen LogP contribution in [0.4, 0.5) is 0 Å². The van der Waals surface area contributed by atoms with E-state index in [9.17, 15) is 4.79 Å². The normalized spacial score (nSPS) is 19.4. The summed E-state index contributed by atoms with van der Waals surface area (Å²) >= 11 is 0. The van der Waals surface area contributed by atoms with Gasteiger partial charge in [-0.15, -0.1) is 0 Å². The quantitative estimate of drug-likeness (QED) is 0.261. The molecule has 2 nitrogen and oxygen atoms in total. The monoisotopic (exact) mass is 392 g/mol. The highest BCUT2D eigenvalue weighted by Gasteiger charge is 2.26. The summed E-state index contributed by atoms with van der Waals surface area (Å²) in [6.45, 7) is 12.8. The molecule has 0 saturated heterocycles. The molecule has 1 aliphatic rings. The van der Waals surface area contributed by atoms with Crippen molar-refractivity contribution in [2.75, 3.05) is 0 Å². The Morgan fingerprint density at radius 2 is 1.55 bits per heavy atom. The van der Waals surface area contributed by atoms with Gasteiger partial charge in [-0.05, 0) is 63.5 Å². The Bertz CT molecular complexity index is 819. The van der Waals surface area contributed by atoms with Gasteiger partial charge in [-0.1, -0.05) is 85.3 Å². The fraction of sp³-hybridized carbons (Fsp3) is 0.370. The first kappa shape index (κ1) is 24.4. The number of hydrogen-bond acceptors (Lipinski definition) is 2. The molecule has 0 radical (unpaired) electrons. The van der Waals surface area contributed by atoms with Crippen molar-refractivity contribution in [3.8, 4) is 0 Å². The summed E-state index contributed by atoms with van der Waals surface area (Å²) in [5.41, 5.74) is 6.19. The summed E-state index contributed by atoms with van der Waals surface area (Å²) in [7, 11) is 0. The molecule has 0 aromatic rings. The predicted molar refractivity (Wildman–Crippen MR) is 126 cm³/mol. The number of carbonyl (C=O) groups is 1. The molecule has 1 N–H and O–H groups in total. The Hall–Kier alpha value is -2.61. The number of hydrogen-bond donors (Lipinski definition) is 1. The average Bonchev–Trinajstić information content (AvgIpc) is 2.64. The van der Waals surface area contributed by atoms with Crippen LogP contribution in [0.25, 0.3) is 0 Å². The lowest BCUT2D eigenvalue weighted by Gasteiger charge is -2.32. The molecule has 2 heteroatoms. The molecule has 0 bridgehead atoms. The van der Waals surface area contributed by atoms with Crippen molar-refractivity contribution in [2.24, 2.45) is 5.41 Å². The maximum Gasteiger partial charge on any atom is 0.184 e. The molecule has 0 saturated carbocycles. The fourth-order valence-corrected chi connectivity index (χ4v) is 3.38. The minimum Gasteiger partial charge on any atom is -0.515 e. The molecule has 1 rings (SSSR count). The van der Waals surface area contributed by atoms with E-state index >= 15 is 0 Å². The summed E-state index contributed by atoms with van der Waals surface area (Å²) in [6, 6.07) is 0. The van der Waals surface area contributed by atoms with Gasteiger partial charge in [0.15, 0.2) is 5.78 Å². The smallest absolute Gasteiger partial charge is 0.184 e. The largest absolute Gasteiger partial charge is 0.515 e. The predicted octanol–water partition coefficient (Wildman–Crippen LogP) is 7.66. The topological polar surface area (TPSA) is 37.3 Å². The van der Waals surface area contributed by atoms with E-state index in [1.54, 1.807) is 13.0 Å². The maximum atomic E-state index is 11.5. The second kappa shape index (κ2) is 12.1. The van der Waals surface area contributed by atoms with Crippen LogP contribution in [-0.4, -0.2) is 10.9 Å². The van der Waals surface area contributed by atoms with Crippen LogP contribution in [0.3, 0.4) is 0 Å². The van der Waals surface area contributed by atoms with E-state index in [2.05, 4.69) is 58.1 Å². The van der Waals surface area contributed by atoms with Gasteiger partial charge in [-0.25, -0.2) is 0 Å². The highest BCUT2D eigenvalue weighted by molar-refractivity contribution is 6.03. The Morgan fingerprint density at radius 3 is 2.21 bits per heavy atom. The van der Waals surface area contributed by atoms with Crippen LogP contribution in [-0.2, 0) is 4.79 Å². The van der Waals surface area contributed by atoms with Gasteiger partial charge in [-0.3, -0.25) is 4.79 Å². The minimum absolute atomic E-state index is 0.200. The van der Waals surface area contributed by atoms with E-state index in [-0.39, 0.29) is 11.2 Å². The Kier molecular flexibility index (Phi) is 10.2. The molecule has 0 aliphatic heterocycles. The van der Waals surface area contributed by atoms with Crippen LogP contribution in [0.1, 0.15) is 60.8 Å². The number of ketones is 1. The van der Waals surface area contributed by atoms with Gasteiger partial charge in [0.1, 0.15) is 0 Å². The molecule has 156 valence electrons. The van der Waals surface area contributed by atoms with Gasteiger partial charge in [0.2, 0.25) is 0 Å². The average molecular weight is 393 g/mol. The molecule has 0 heterocycles. The molecule has 0 atom stereocenters. The molecule has 0 aromatic heterocycles. The van der Waals surface area contributed by atoms with Crippen LogP contribution >= 0.6 is 0 Å². The van der Waals surface area contributed by atoms with Crippen molar-refractivity contribution in [2.45, 2.75) is 60.8 Å². The van der Waals surface area contributed by atoms with E-state index < -0.39 is 0 Å². The highest BCUT2D eigenvalue weighted by Crippen LogP contribution is 2.40. The number of allylic oxidation sites excluding steroid dienone is 15. The van der Waals surface area contributed by atoms with E-state index in [1.165, 1.54) is 36.0 Å². The van der Waals surface area contributed by atoms with Crippen LogP contribution in [0.5, 0.6) is 0 Å². The second-order valence-electron chi connectivity index (χ2n) is 8.36. The summed E-state index contributed by atoms with van der Waals surface area (Å²) in [6.07, 6.45) is 23.8. The molecule has 29 heavy (non-hydrogen) atoms. The molecule has 1 aliphatic carbocycles. The van der Waals surface area contributed by atoms with Crippen LogP contribution < -0.4 is 0 Å². The first-order chi connectivity index (χ1) is 13.7. The van der Waals surface area contributed by atoms with E-state index in [0.29, 0.717) is 5.57 Å². The lowest BCUT2D eigenvalue weighted by atomic mass is 9.72. The second-order valence-corrected chi connectivity index (χ2v) is 8.36. The number of aliphatic hydroxyl groups is 1. The van der Waals surface area contributed by atoms with Gasteiger partial charge in [0, 0.05) is 6.08 Å². The lowest BCUT2D eigenvalue weighted by molar-refractivity contribution is -0.111. The molecule has 0 unspecified atom stereocenters. The van der Waals surface area contributed by atoms with Crippen molar-refractivity contribution in [3.05, 3.63) is 94.9 Å². The zero-order valence-electron chi connectivity index (χ0n) is 18.8. The minimum atomic E-state index is -0.200. The summed E-state index contributed by atoms with van der Waals surface area (Å²) in [5, 5.41) is 8.61. The number of rotatable bonds is 8. The first-order valence-corrected chi connectivity index (χ1v) is 10.3. The zero-order valence-corrected chi connectivity index (χ0v) is 18.8. The number of carbonyl (C=O) groups excluding carboxylic acids is 1. The van der Waals surface area contributed by atoms with E-state index in [4.69, 9.17) is 5.11 Å². The molecule has 0 amide bonds. The Morgan fingerprint density at radius 1 is 0.931 bits per heavy atom. The molecule has 0 fully saturated rings. The molecule has 0 aromatic carbocycles. The van der Waals surface area contributed by atoms with Crippen LogP contribution in [0.15, 0.2) is 94.9 Å². The highest BCUT2D eigenvalue weighted by atomic mass is 16.2. The fourth-order valence-electron chi connectivity index (χ4n) is 3.38. The third-order valence-electron chi connectivity index (χ3n) is 5.20. The lowest BCUT2D eigenvalue weighted by Crippen LogP contribution is -2.19. The van der Waals surface area contributed by atoms with Gasteiger partial charge < -0.3 is 5.11 Å². The van der Waals surface area contributed by atoms with Crippen LogP contribution in [0.2, 0.25) is 0 Å². The summed E-state index contributed by atoms with van der Waals surface area (Å²) in [4.78, 5) is 11.5. The van der Waals surface area contributed by atoms with Gasteiger partial charge >= 0.3 is 0 Å².